The van der Waals surface area contributed by atoms with E-state index in [1.807, 2.05) is 45.2 Å². The summed E-state index contributed by atoms with van der Waals surface area (Å²) in [7, 11) is 1.88. The molecule has 142 valence electrons. The second kappa shape index (κ2) is 8.12. The number of carbonyl (C=O) groups excluding carboxylic acids is 1. The molecule has 3 aromatic rings. The molecule has 2 aromatic heterocycles. The third-order valence-electron chi connectivity index (χ3n) is 4.69. The van der Waals surface area contributed by atoms with E-state index in [0.29, 0.717) is 5.76 Å². The van der Waals surface area contributed by atoms with Gasteiger partial charge in [-0.25, -0.2) is 0 Å². The first-order chi connectivity index (χ1) is 13.0. The number of hydrogen-bond acceptors (Lipinski definition) is 4. The number of aryl methyl sites for hydroxylation is 2. The number of rotatable bonds is 7. The van der Waals surface area contributed by atoms with Crippen LogP contribution < -0.4 is 10.1 Å². The first-order valence-corrected chi connectivity index (χ1v) is 9.07. The minimum Gasteiger partial charge on any atom is -0.486 e. The van der Waals surface area contributed by atoms with Crippen LogP contribution in [0.3, 0.4) is 0 Å². The zero-order chi connectivity index (χ0) is 19.4. The highest BCUT2D eigenvalue weighted by atomic mass is 16.5. The van der Waals surface area contributed by atoms with E-state index in [-0.39, 0.29) is 24.3 Å². The topological polar surface area (TPSA) is 69.3 Å². The van der Waals surface area contributed by atoms with Crippen molar-refractivity contribution in [1.82, 2.24) is 15.1 Å². The van der Waals surface area contributed by atoms with Crippen molar-refractivity contribution in [2.24, 2.45) is 7.05 Å². The highest BCUT2D eigenvalue weighted by Gasteiger charge is 2.18. The summed E-state index contributed by atoms with van der Waals surface area (Å²) in [4.78, 5) is 12.4. The fraction of sp³-hybridized carbons (Fsp3) is 0.333. The van der Waals surface area contributed by atoms with Crippen molar-refractivity contribution in [3.8, 4) is 5.75 Å². The predicted molar refractivity (Wildman–Crippen MR) is 103 cm³/mol. The van der Waals surface area contributed by atoms with Crippen LogP contribution >= 0.6 is 0 Å². The van der Waals surface area contributed by atoms with Gasteiger partial charge in [0.05, 0.1) is 12.2 Å². The molecule has 0 saturated carbocycles. The Morgan fingerprint density at radius 1 is 1.26 bits per heavy atom. The van der Waals surface area contributed by atoms with Gasteiger partial charge in [-0.05, 0) is 50.1 Å². The number of nitrogens with one attached hydrogen (secondary N) is 1. The molecule has 3 rings (SSSR count). The van der Waals surface area contributed by atoms with Gasteiger partial charge < -0.3 is 14.5 Å². The summed E-state index contributed by atoms with van der Waals surface area (Å²) >= 11 is 0. The number of ether oxygens (including phenoxy) is 1. The van der Waals surface area contributed by atoms with Gasteiger partial charge in [0.15, 0.2) is 5.76 Å². The standard InChI is InChI=1S/C21H25N3O3/c1-5-16-6-8-17(9-7-16)26-13-18-10-11-20(27-18)21(25)23-14(2)19-12-22-24(4)15(19)3/h6-12,14H,5,13H2,1-4H3,(H,23,25). The van der Waals surface area contributed by atoms with Gasteiger partial charge in [-0.15, -0.1) is 0 Å². The number of carbonyl (C=O) groups is 1. The molecular weight excluding hydrogens is 342 g/mol. The van der Waals surface area contributed by atoms with Gasteiger partial charge in [-0.1, -0.05) is 19.1 Å². The molecule has 1 unspecified atom stereocenters. The second-order valence-electron chi connectivity index (χ2n) is 6.56. The average molecular weight is 367 g/mol. The van der Waals surface area contributed by atoms with Crippen molar-refractivity contribution in [2.45, 2.75) is 39.8 Å². The minimum absolute atomic E-state index is 0.159. The van der Waals surface area contributed by atoms with Crippen LogP contribution in [0.4, 0.5) is 0 Å². The Labute approximate surface area is 159 Å². The quantitative estimate of drug-likeness (QED) is 0.686. The predicted octanol–water partition coefficient (Wildman–Crippen LogP) is 3.95. The van der Waals surface area contributed by atoms with Crippen LogP contribution in [0.5, 0.6) is 5.75 Å². The normalized spacial score (nSPS) is 12.0. The Balaban J connectivity index is 1.57. The third kappa shape index (κ3) is 4.39. The molecule has 0 radical (unpaired) electrons. The average Bonchev–Trinajstić information content (AvgIpc) is 3.28. The van der Waals surface area contributed by atoms with Gasteiger partial charge >= 0.3 is 0 Å². The minimum atomic E-state index is -0.260. The molecule has 1 N–H and O–H groups in total. The zero-order valence-corrected chi connectivity index (χ0v) is 16.2. The van der Waals surface area contributed by atoms with Crippen LogP contribution in [-0.2, 0) is 20.1 Å². The van der Waals surface area contributed by atoms with Crippen molar-refractivity contribution in [3.63, 3.8) is 0 Å². The second-order valence-corrected chi connectivity index (χ2v) is 6.56. The van der Waals surface area contributed by atoms with E-state index in [4.69, 9.17) is 9.15 Å². The molecule has 2 heterocycles. The Hall–Kier alpha value is -3.02. The van der Waals surface area contributed by atoms with Crippen molar-refractivity contribution < 1.29 is 13.9 Å². The molecule has 0 bridgehead atoms. The summed E-state index contributed by atoms with van der Waals surface area (Å²) in [5, 5.41) is 7.15. The van der Waals surface area contributed by atoms with E-state index in [9.17, 15) is 4.79 Å². The summed E-state index contributed by atoms with van der Waals surface area (Å²) in [6, 6.07) is 11.2. The van der Waals surface area contributed by atoms with E-state index < -0.39 is 0 Å². The molecule has 6 heteroatoms. The molecule has 1 aromatic carbocycles. The monoisotopic (exact) mass is 367 g/mol. The molecule has 0 fully saturated rings. The molecule has 1 atom stereocenters. The van der Waals surface area contributed by atoms with Crippen LogP contribution in [0, 0.1) is 6.92 Å². The van der Waals surface area contributed by atoms with E-state index >= 15 is 0 Å². The Morgan fingerprint density at radius 2 is 2.00 bits per heavy atom. The van der Waals surface area contributed by atoms with Gasteiger partial charge in [0.25, 0.3) is 5.91 Å². The summed E-state index contributed by atoms with van der Waals surface area (Å²) in [5.74, 6) is 1.38. The summed E-state index contributed by atoms with van der Waals surface area (Å²) in [6.07, 6.45) is 2.76. The number of furan rings is 1. The van der Waals surface area contributed by atoms with E-state index in [1.165, 1.54) is 5.56 Å². The summed E-state index contributed by atoms with van der Waals surface area (Å²) in [5.41, 5.74) is 3.26. The maximum atomic E-state index is 12.4. The van der Waals surface area contributed by atoms with Gasteiger partial charge in [0, 0.05) is 18.3 Å². The SMILES string of the molecule is CCc1ccc(OCc2ccc(C(=O)NC(C)c3cnn(C)c3C)o2)cc1. The molecule has 0 aliphatic rings. The lowest BCUT2D eigenvalue weighted by atomic mass is 10.1. The lowest BCUT2D eigenvalue weighted by Gasteiger charge is -2.12. The van der Waals surface area contributed by atoms with E-state index in [1.54, 1.807) is 23.0 Å². The lowest BCUT2D eigenvalue weighted by Crippen LogP contribution is -2.26. The van der Waals surface area contributed by atoms with Gasteiger partial charge in [-0.3, -0.25) is 9.48 Å². The fourth-order valence-corrected chi connectivity index (χ4v) is 2.84. The van der Waals surface area contributed by atoms with Crippen LogP contribution in [0.2, 0.25) is 0 Å². The largest absolute Gasteiger partial charge is 0.486 e. The molecular formula is C21H25N3O3. The van der Waals surface area contributed by atoms with E-state index in [0.717, 1.165) is 23.4 Å². The van der Waals surface area contributed by atoms with Crippen LogP contribution in [0.15, 0.2) is 47.0 Å². The number of benzene rings is 1. The van der Waals surface area contributed by atoms with Crippen LogP contribution in [0.25, 0.3) is 0 Å². The molecule has 6 nitrogen and oxygen atoms in total. The highest BCUT2D eigenvalue weighted by molar-refractivity contribution is 5.91. The van der Waals surface area contributed by atoms with E-state index in [2.05, 4.69) is 17.3 Å². The first-order valence-electron chi connectivity index (χ1n) is 9.07. The van der Waals surface area contributed by atoms with Gasteiger partial charge in [-0.2, -0.15) is 5.10 Å². The van der Waals surface area contributed by atoms with Gasteiger partial charge in [0.2, 0.25) is 0 Å². The molecule has 27 heavy (non-hydrogen) atoms. The number of aromatic nitrogens is 2. The first kappa shape index (κ1) is 18.8. The maximum Gasteiger partial charge on any atom is 0.287 e. The van der Waals surface area contributed by atoms with Crippen molar-refractivity contribution in [2.75, 3.05) is 0 Å². The molecule has 0 saturated heterocycles. The summed E-state index contributed by atoms with van der Waals surface area (Å²) < 4.78 is 13.1. The Morgan fingerprint density at radius 3 is 2.63 bits per heavy atom. The molecule has 0 spiro atoms. The smallest absolute Gasteiger partial charge is 0.287 e. The molecule has 1 amide bonds. The summed E-state index contributed by atoms with van der Waals surface area (Å²) in [6.45, 7) is 6.28. The van der Waals surface area contributed by atoms with Crippen molar-refractivity contribution >= 4 is 5.91 Å². The maximum absolute atomic E-state index is 12.4. The van der Waals surface area contributed by atoms with Gasteiger partial charge in [0.1, 0.15) is 18.1 Å². The van der Waals surface area contributed by atoms with Crippen molar-refractivity contribution in [1.29, 1.82) is 0 Å². The Bertz CT molecular complexity index is 909. The zero-order valence-electron chi connectivity index (χ0n) is 16.2. The van der Waals surface area contributed by atoms with Crippen molar-refractivity contribution in [3.05, 3.63) is 70.9 Å². The molecule has 0 aliphatic heterocycles. The lowest BCUT2D eigenvalue weighted by molar-refractivity contribution is 0.0907. The van der Waals surface area contributed by atoms with Crippen LogP contribution in [-0.4, -0.2) is 15.7 Å². The number of hydrogen-bond donors (Lipinski definition) is 1. The van der Waals surface area contributed by atoms with Crippen LogP contribution in [0.1, 0.15) is 53.0 Å². The Kier molecular flexibility index (Phi) is 5.64. The molecule has 0 aliphatic carbocycles. The number of amides is 1. The highest BCUT2D eigenvalue weighted by Crippen LogP contribution is 2.18. The number of nitrogens with zero attached hydrogens (tertiary/aromatic N) is 2. The fourth-order valence-electron chi connectivity index (χ4n) is 2.84. The third-order valence-corrected chi connectivity index (χ3v) is 4.69.